The highest BCUT2D eigenvalue weighted by Gasteiger charge is 2.43. The van der Waals surface area contributed by atoms with Gasteiger partial charge in [-0.15, -0.1) is 11.3 Å². The summed E-state index contributed by atoms with van der Waals surface area (Å²) in [6.45, 7) is 8.32. The number of likely N-dealkylation sites (N-methyl/N-ethyl adjacent to an activating group) is 1. The van der Waals surface area contributed by atoms with E-state index in [4.69, 9.17) is 0 Å². The van der Waals surface area contributed by atoms with Crippen LogP contribution < -0.4 is 10.6 Å². The van der Waals surface area contributed by atoms with Crippen molar-refractivity contribution in [3.05, 3.63) is 59.6 Å². The molecule has 236 valence electrons. The summed E-state index contributed by atoms with van der Waals surface area (Å²) in [5.74, 6) is -0.449. The number of nitrogens with one attached hydrogen (secondary N) is 2. The third-order valence-corrected chi connectivity index (χ3v) is 9.64. The fraction of sp³-hybridized carbons (Fsp3) is 0.516. The third-order valence-electron chi connectivity index (χ3n) is 6.93. The highest BCUT2D eigenvalue weighted by molar-refractivity contribution is 7.89. The molecule has 1 heterocycles. The number of carbonyl (C=O) groups is 2. The van der Waals surface area contributed by atoms with Crippen LogP contribution in [-0.2, 0) is 26.0 Å². The predicted octanol–water partition coefficient (Wildman–Crippen LogP) is 3.47. The van der Waals surface area contributed by atoms with E-state index in [0.717, 1.165) is 10.3 Å². The summed E-state index contributed by atoms with van der Waals surface area (Å²) >= 11 is 1.35. The Morgan fingerprint density at radius 1 is 1.05 bits per heavy atom. The molecule has 1 aromatic heterocycles. The van der Waals surface area contributed by atoms with E-state index in [1.54, 1.807) is 22.5 Å². The molecule has 1 unspecified atom stereocenters. The van der Waals surface area contributed by atoms with Crippen molar-refractivity contribution in [2.45, 2.75) is 57.6 Å². The number of thiazole rings is 1. The molecule has 0 aliphatic rings. The maximum absolute atomic E-state index is 14.2. The predicted molar refractivity (Wildman–Crippen MR) is 171 cm³/mol. The number of carbonyl (C=O) groups excluding carboxylic acids is 2. The fourth-order valence-corrected chi connectivity index (χ4v) is 7.46. The van der Waals surface area contributed by atoms with Gasteiger partial charge >= 0.3 is 0 Å². The standard InChI is InChI=1S/C31H45N5O5S2/c1-23(2)19-36(43(40,41)25-12-13-26-27(16-25)42-22-34-26)31(39,17-24-10-8-7-9-11-24)14-15-32-28(37)18-30(3,4)21-33-29(38)20-35(5)6/h7-13,16,22-23,39H,14-15,17-21H2,1-6H3,(H,32,37)(H,33,38). The van der Waals surface area contributed by atoms with Gasteiger partial charge in [-0.1, -0.05) is 58.0 Å². The van der Waals surface area contributed by atoms with Gasteiger partial charge in [0.05, 0.1) is 27.2 Å². The zero-order valence-corrected chi connectivity index (χ0v) is 27.6. The molecule has 3 N–H and O–H groups in total. The number of aliphatic hydroxyl groups is 1. The second-order valence-electron chi connectivity index (χ2n) is 12.5. The van der Waals surface area contributed by atoms with E-state index in [2.05, 4.69) is 15.6 Å². The van der Waals surface area contributed by atoms with Crippen molar-refractivity contribution in [1.29, 1.82) is 0 Å². The summed E-state index contributed by atoms with van der Waals surface area (Å²) in [5.41, 5.74) is 0.820. The van der Waals surface area contributed by atoms with Crippen molar-refractivity contribution in [3.8, 4) is 0 Å². The largest absolute Gasteiger partial charge is 0.374 e. The van der Waals surface area contributed by atoms with Crippen LogP contribution in [0.15, 0.2) is 58.9 Å². The third kappa shape index (κ3) is 10.1. The number of aromatic nitrogens is 1. The van der Waals surface area contributed by atoms with Crippen molar-refractivity contribution in [1.82, 2.24) is 24.8 Å². The van der Waals surface area contributed by atoms with Gasteiger partial charge in [-0.2, -0.15) is 4.31 Å². The van der Waals surface area contributed by atoms with E-state index in [0.29, 0.717) is 12.1 Å². The molecule has 0 spiro atoms. The number of hydrogen-bond acceptors (Lipinski definition) is 8. The van der Waals surface area contributed by atoms with Gasteiger partial charge in [-0.05, 0) is 49.2 Å². The zero-order chi connectivity index (χ0) is 31.8. The molecule has 2 aromatic carbocycles. The van der Waals surface area contributed by atoms with Crippen molar-refractivity contribution in [2.24, 2.45) is 11.3 Å². The Hall–Kier alpha value is -2.90. The van der Waals surface area contributed by atoms with Crippen LogP contribution in [0.4, 0.5) is 0 Å². The lowest BCUT2D eigenvalue weighted by atomic mass is 9.88. The van der Waals surface area contributed by atoms with Gasteiger partial charge in [-0.3, -0.25) is 9.59 Å². The molecular weight excluding hydrogens is 587 g/mol. The van der Waals surface area contributed by atoms with Gasteiger partial charge in [0, 0.05) is 38.9 Å². The molecule has 12 heteroatoms. The number of hydrogen-bond donors (Lipinski definition) is 3. The summed E-state index contributed by atoms with van der Waals surface area (Å²) in [7, 11) is -0.521. The van der Waals surface area contributed by atoms with E-state index in [1.807, 2.05) is 72.1 Å². The maximum Gasteiger partial charge on any atom is 0.245 e. The summed E-state index contributed by atoms with van der Waals surface area (Å²) in [6, 6.07) is 14.0. The minimum Gasteiger partial charge on any atom is -0.374 e. The molecule has 3 rings (SSSR count). The van der Waals surface area contributed by atoms with E-state index in [-0.39, 0.29) is 61.5 Å². The maximum atomic E-state index is 14.2. The Morgan fingerprint density at radius 3 is 2.40 bits per heavy atom. The number of rotatable bonds is 16. The first-order valence-electron chi connectivity index (χ1n) is 14.4. The van der Waals surface area contributed by atoms with Gasteiger partial charge in [0.2, 0.25) is 21.8 Å². The summed E-state index contributed by atoms with van der Waals surface area (Å²) in [4.78, 5) is 31.1. The second-order valence-corrected chi connectivity index (χ2v) is 15.3. The minimum atomic E-state index is -4.14. The lowest BCUT2D eigenvalue weighted by Crippen LogP contribution is -2.55. The molecule has 0 saturated heterocycles. The normalized spacial score (nSPS) is 13.9. The van der Waals surface area contributed by atoms with Crippen LogP contribution in [0.25, 0.3) is 10.2 Å². The first-order valence-corrected chi connectivity index (χ1v) is 16.7. The van der Waals surface area contributed by atoms with E-state index in [1.165, 1.54) is 21.7 Å². The average molecular weight is 632 g/mol. The smallest absolute Gasteiger partial charge is 0.245 e. The Morgan fingerprint density at radius 2 is 1.74 bits per heavy atom. The fourth-order valence-electron chi connectivity index (χ4n) is 4.81. The summed E-state index contributed by atoms with van der Waals surface area (Å²) in [5, 5.41) is 18.0. The Bertz CT molecular complexity index is 1470. The van der Waals surface area contributed by atoms with E-state index in [9.17, 15) is 23.1 Å². The zero-order valence-electron chi connectivity index (χ0n) is 26.0. The van der Waals surface area contributed by atoms with Crippen LogP contribution in [0.2, 0.25) is 0 Å². The number of benzene rings is 2. The quantitative estimate of drug-likeness (QED) is 0.206. The van der Waals surface area contributed by atoms with Crippen LogP contribution in [0.3, 0.4) is 0 Å². The Balaban J connectivity index is 1.81. The van der Waals surface area contributed by atoms with E-state index < -0.39 is 21.2 Å². The minimum absolute atomic E-state index is 0.0254. The highest BCUT2D eigenvalue weighted by atomic mass is 32.2. The molecule has 0 bridgehead atoms. The van der Waals surface area contributed by atoms with Crippen molar-refractivity contribution in [2.75, 3.05) is 40.3 Å². The monoisotopic (exact) mass is 631 g/mol. The van der Waals surface area contributed by atoms with Crippen LogP contribution in [0.1, 0.15) is 46.1 Å². The highest BCUT2D eigenvalue weighted by Crippen LogP contribution is 2.32. The van der Waals surface area contributed by atoms with Crippen LogP contribution >= 0.6 is 11.3 Å². The SMILES string of the molecule is CC(C)CN(C(O)(CCNC(=O)CC(C)(C)CNC(=O)CN(C)C)Cc1ccccc1)S(=O)(=O)c1ccc2ncsc2c1. The number of sulfonamides is 1. The first kappa shape index (κ1) is 34.6. The van der Waals surface area contributed by atoms with Crippen LogP contribution in [0, 0.1) is 11.3 Å². The molecule has 3 aromatic rings. The Kier molecular flexibility index (Phi) is 11.8. The van der Waals surface area contributed by atoms with Crippen LogP contribution in [-0.4, -0.2) is 85.5 Å². The van der Waals surface area contributed by atoms with Gasteiger partial charge < -0.3 is 20.6 Å². The molecule has 0 saturated carbocycles. The van der Waals surface area contributed by atoms with Gasteiger partial charge in [0.15, 0.2) is 0 Å². The topological polar surface area (TPSA) is 132 Å². The molecule has 10 nitrogen and oxygen atoms in total. The molecule has 43 heavy (non-hydrogen) atoms. The first-order chi connectivity index (χ1) is 20.1. The second kappa shape index (κ2) is 14.7. The Labute approximate surface area is 259 Å². The molecule has 0 aliphatic heterocycles. The number of fused-ring (bicyclic) bond motifs is 1. The molecule has 0 radical (unpaired) electrons. The summed E-state index contributed by atoms with van der Waals surface area (Å²) in [6.07, 6.45) is 0.166. The lowest BCUT2D eigenvalue weighted by molar-refractivity contribution is -0.125. The van der Waals surface area contributed by atoms with Gasteiger partial charge in [-0.25, -0.2) is 13.4 Å². The number of amides is 2. The van der Waals surface area contributed by atoms with Crippen molar-refractivity contribution >= 4 is 43.4 Å². The molecule has 2 amide bonds. The molecule has 1 atom stereocenters. The number of nitrogens with zero attached hydrogens (tertiary/aromatic N) is 3. The van der Waals surface area contributed by atoms with Gasteiger partial charge in [0.25, 0.3) is 0 Å². The average Bonchev–Trinajstić information content (AvgIpc) is 3.38. The lowest BCUT2D eigenvalue weighted by Gasteiger charge is -2.40. The van der Waals surface area contributed by atoms with Gasteiger partial charge in [0.1, 0.15) is 5.72 Å². The van der Waals surface area contributed by atoms with Crippen LogP contribution in [0.5, 0.6) is 0 Å². The van der Waals surface area contributed by atoms with Crippen molar-refractivity contribution < 1.29 is 23.1 Å². The molecule has 0 aliphatic carbocycles. The molecular formula is C31H45N5O5S2. The van der Waals surface area contributed by atoms with Crippen molar-refractivity contribution in [3.63, 3.8) is 0 Å². The van der Waals surface area contributed by atoms with E-state index >= 15 is 0 Å². The summed E-state index contributed by atoms with van der Waals surface area (Å²) < 4.78 is 30.3. The molecule has 0 fully saturated rings.